The van der Waals surface area contributed by atoms with E-state index in [0.29, 0.717) is 17.3 Å². The lowest BCUT2D eigenvalue weighted by molar-refractivity contribution is 0.679. The van der Waals surface area contributed by atoms with Crippen LogP contribution in [0.5, 0.6) is 0 Å². The van der Waals surface area contributed by atoms with Gasteiger partial charge in [-0.25, -0.2) is 0 Å². The molecule has 3 N–H and O–H groups in total. The van der Waals surface area contributed by atoms with Crippen LogP contribution in [-0.4, -0.2) is 22.3 Å². The van der Waals surface area contributed by atoms with E-state index >= 15 is 0 Å². The van der Waals surface area contributed by atoms with Gasteiger partial charge in [-0.1, -0.05) is 17.7 Å². The fourth-order valence-electron chi connectivity index (χ4n) is 1.06. The quantitative estimate of drug-likeness (QED) is 0.800. The third-order valence-electron chi connectivity index (χ3n) is 2.20. The molecule has 0 aromatic heterocycles. The van der Waals surface area contributed by atoms with Crippen molar-refractivity contribution in [1.82, 2.24) is 0 Å². The van der Waals surface area contributed by atoms with Gasteiger partial charge in [-0.05, 0) is 19.1 Å². The Hall–Kier alpha value is -0.740. The number of rotatable bonds is 4. The third kappa shape index (κ3) is 3.39. The van der Waals surface area contributed by atoms with Gasteiger partial charge in [0.15, 0.2) is 0 Å². The molecule has 0 fully saturated rings. The first-order valence-corrected chi connectivity index (χ1v) is 6.62. The molecule has 15 heavy (non-hydrogen) atoms. The highest BCUT2D eigenvalue weighted by molar-refractivity contribution is 7.84. The first-order valence-electron chi connectivity index (χ1n) is 4.62. The van der Waals surface area contributed by atoms with Crippen LogP contribution in [0.2, 0.25) is 5.02 Å². The highest BCUT2D eigenvalue weighted by atomic mass is 35.5. The van der Waals surface area contributed by atoms with Crippen LogP contribution in [0.15, 0.2) is 18.2 Å². The fourth-order valence-corrected chi connectivity index (χ4v) is 1.55. The van der Waals surface area contributed by atoms with Gasteiger partial charge < -0.3 is 11.1 Å². The lowest BCUT2D eigenvalue weighted by atomic mass is 10.2. The number of nitrogens with two attached hydrogens (primary N) is 1. The summed E-state index contributed by atoms with van der Waals surface area (Å²) in [6.07, 6.45) is 1.69. The Morgan fingerprint density at radius 1 is 1.60 bits per heavy atom. The van der Waals surface area contributed by atoms with Gasteiger partial charge in [0.2, 0.25) is 0 Å². The van der Waals surface area contributed by atoms with Crippen molar-refractivity contribution in [2.75, 3.05) is 23.9 Å². The minimum Gasteiger partial charge on any atom is -0.396 e. The standard InChI is InChI=1S/C10H15ClN2OS/c1-7(15(2)14)6-13-9-5-3-4-8(11)10(9)12/h3-5,7,13H,6,12H2,1-2H3. The van der Waals surface area contributed by atoms with Gasteiger partial charge in [0.05, 0.1) is 16.4 Å². The maximum atomic E-state index is 11.1. The molecule has 0 aliphatic rings. The van der Waals surface area contributed by atoms with Crippen molar-refractivity contribution in [3.05, 3.63) is 23.2 Å². The molecule has 0 saturated heterocycles. The molecule has 5 heteroatoms. The topological polar surface area (TPSA) is 55.1 Å². The van der Waals surface area contributed by atoms with Gasteiger partial charge in [-0.2, -0.15) is 0 Å². The summed E-state index contributed by atoms with van der Waals surface area (Å²) in [5, 5.41) is 3.75. The number of nitrogens with one attached hydrogen (secondary N) is 1. The summed E-state index contributed by atoms with van der Waals surface area (Å²) in [6, 6.07) is 5.42. The number of benzene rings is 1. The number of nitrogen functional groups attached to an aromatic ring is 1. The van der Waals surface area contributed by atoms with E-state index in [9.17, 15) is 4.21 Å². The van der Waals surface area contributed by atoms with Crippen LogP contribution < -0.4 is 11.1 Å². The highest BCUT2D eigenvalue weighted by Gasteiger charge is 2.07. The fraction of sp³-hybridized carbons (Fsp3) is 0.400. The molecule has 0 amide bonds. The van der Waals surface area contributed by atoms with Crippen LogP contribution >= 0.6 is 11.6 Å². The second-order valence-corrected chi connectivity index (χ2v) is 5.60. The van der Waals surface area contributed by atoms with Crippen LogP contribution in [-0.2, 0) is 10.8 Å². The van der Waals surface area contributed by atoms with E-state index in [1.165, 1.54) is 0 Å². The maximum Gasteiger partial charge on any atom is 0.0739 e. The number of anilines is 2. The van der Waals surface area contributed by atoms with E-state index in [-0.39, 0.29) is 5.25 Å². The number of hydrogen-bond donors (Lipinski definition) is 2. The average molecular weight is 247 g/mol. The Labute approximate surface area is 97.5 Å². The average Bonchev–Trinajstić information content (AvgIpc) is 2.19. The molecule has 0 spiro atoms. The Balaban J connectivity index is 2.66. The zero-order valence-corrected chi connectivity index (χ0v) is 10.4. The first-order chi connectivity index (χ1) is 7.02. The molecule has 0 aliphatic heterocycles. The normalized spacial score (nSPS) is 14.6. The van der Waals surface area contributed by atoms with Crippen molar-refractivity contribution in [2.45, 2.75) is 12.2 Å². The van der Waals surface area contributed by atoms with E-state index < -0.39 is 10.8 Å². The van der Waals surface area contributed by atoms with Crippen molar-refractivity contribution in [1.29, 1.82) is 0 Å². The van der Waals surface area contributed by atoms with E-state index in [1.807, 2.05) is 19.1 Å². The molecule has 0 heterocycles. The van der Waals surface area contributed by atoms with E-state index in [1.54, 1.807) is 12.3 Å². The Kier molecular flexibility index (Phi) is 4.42. The predicted octanol–water partition coefficient (Wildman–Crippen LogP) is 2.10. The van der Waals surface area contributed by atoms with Crippen molar-refractivity contribution in [3.63, 3.8) is 0 Å². The molecule has 1 aromatic carbocycles. The summed E-state index contributed by atoms with van der Waals surface area (Å²) in [4.78, 5) is 0. The number of para-hydroxylation sites is 1. The Morgan fingerprint density at radius 2 is 2.27 bits per heavy atom. The van der Waals surface area contributed by atoms with Gasteiger partial charge in [-0.15, -0.1) is 0 Å². The second kappa shape index (κ2) is 5.37. The summed E-state index contributed by atoms with van der Waals surface area (Å²) in [6.45, 7) is 2.54. The predicted molar refractivity (Wildman–Crippen MR) is 67.9 cm³/mol. The van der Waals surface area contributed by atoms with Crippen molar-refractivity contribution < 1.29 is 4.21 Å². The van der Waals surface area contributed by atoms with Gasteiger partial charge in [0, 0.05) is 28.9 Å². The molecular weight excluding hydrogens is 232 g/mol. The van der Waals surface area contributed by atoms with Crippen LogP contribution in [0.4, 0.5) is 11.4 Å². The summed E-state index contributed by atoms with van der Waals surface area (Å²) >= 11 is 5.87. The smallest absolute Gasteiger partial charge is 0.0739 e. The highest BCUT2D eigenvalue weighted by Crippen LogP contribution is 2.26. The van der Waals surface area contributed by atoms with Crippen LogP contribution in [0, 0.1) is 0 Å². The largest absolute Gasteiger partial charge is 0.396 e. The zero-order valence-electron chi connectivity index (χ0n) is 8.79. The van der Waals surface area contributed by atoms with E-state index in [0.717, 1.165) is 5.69 Å². The SMILES string of the molecule is CC(CNc1cccc(Cl)c1N)S(C)=O. The van der Waals surface area contributed by atoms with E-state index in [2.05, 4.69) is 5.32 Å². The minimum atomic E-state index is -0.832. The second-order valence-electron chi connectivity index (χ2n) is 3.39. The Morgan fingerprint density at radius 3 is 2.87 bits per heavy atom. The first kappa shape index (κ1) is 12.3. The van der Waals surface area contributed by atoms with Crippen molar-refractivity contribution >= 4 is 33.8 Å². The summed E-state index contributed by atoms with van der Waals surface area (Å²) in [7, 11) is -0.832. The molecular formula is C10H15ClN2OS. The van der Waals surface area contributed by atoms with E-state index in [4.69, 9.17) is 17.3 Å². The summed E-state index contributed by atoms with van der Waals surface area (Å²) in [5.74, 6) is 0. The third-order valence-corrected chi connectivity index (χ3v) is 3.83. The lowest BCUT2D eigenvalue weighted by Gasteiger charge is -2.13. The maximum absolute atomic E-state index is 11.1. The van der Waals surface area contributed by atoms with Crippen LogP contribution in [0.25, 0.3) is 0 Å². The van der Waals surface area contributed by atoms with Gasteiger partial charge >= 0.3 is 0 Å². The molecule has 0 aliphatic carbocycles. The number of halogens is 1. The lowest BCUT2D eigenvalue weighted by Crippen LogP contribution is -2.21. The van der Waals surface area contributed by atoms with Gasteiger partial charge in [-0.3, -0.25) is 4.21 Å². The minimum absolute atomic E-state index is 0.0865. The molecule has 1 rings (SSSR count). The molecule has 0 saturated carbocycles. The molecule has 2 atom stereocenters. The van der Waals surface area contributed by atoms with Crippen molar-refractivity contribution in [2.24, 2.45) is 0 Å². The Bertz CT molecular complexity index is 370. The van der Waals surface area contributed by atoms with Gasteiger partial charge in [0.1, 0.15) is 0 Å². The molecule has 0 bridgehead atoms. The molecule has 0 radical (unpaired) electrons. The summed E-state index contributed by atoms with van der Waals surface area (Å²) < 4.78 is 11.1. The van der Waals surface area contributed by atoms with Gasteiger partial charge in [0.25, 0.3) is 0 Å². The molecule has 3 nitrogen and oxygen atoms in total. The van der Waals surface area contributed by atoms with Crippen LogP contribution in [0.3, 0.4) is 0 Å². The monoisotopic (exact) mass is 246 g/mol. The summed E-state index contributed by atoms with van der Waals surface area (Å²) in [5.41, 5.74) is 7.10. The molecule has 2 unspecified atom stereocenters. The van der Waals surface area contributed by atoms with Crippen LogP contribution in [0.1, 0.15) is 6.92 Å². The molecule has 1 aromatic rings. The zero-order chi connectivity index (χ0) is 11.4. The molecule has 84 valence electrons. The number of hydrogen-bond acceptors (Lipinski definition) is 3. The van der Waals surface area contributed by atoms with Crippen molar-refractivity contribution in [3.8, 4) is 0 Å².